The van der Waals surface area contributed by atoms with E-state index in [4.69, 9.17) is 0 Å². The molecule has 7 rings (SSSR count). The molecule has 2 fully saturated rings. The highest BCUT2D eigenvalue weighted by Crippen LogP contribution is 2.41. The van der Waals surface area contributed by atoms with Crippen LogP contribution in [0.25, 0.3) is 16.7 Å². The van der Waals surface area contributed by atoms with Gasteiger partial charge < -0.3 is 25.8 Å². The Bertz CT molecular complexity index is 2760. The van der Waals surface area contributed by atoms with Gasteiger partial charge in [0.25, 0.3) is 23.7 Å². The lowest BCUT2D eigenvalue weighted by Gasteiger charge is -2.45. The number of hydrogen-bond donors (Lipinski definition) is 4. The molecule has 2 aliphatic rings. The van der Waals surface area contributed by atoms with E-state index < -0.39 is 109 Å². The van der Waals surface area contributed by atoms with Gasteiger partial charge in [0.05, 0.1) is 36.3 Å². The molecule has 0 saturated carbocycles. The Balaban J connectivity index is 1.22. The summed E-state index contributed by atoms with van der Waals surface area (Å²) in [6.07, 6.45) is -7.37. The maximum atomic E-state index is 16.2. The minimum absolute atomic E-state index is 0.00247. The van der Waals surface area contributed by atoms with E-state index in [1.165, 1.54) is 74.5 Å². The number of nitrogens with one attached hydrogen (secondary N) is 4. The second-order valence-corrected chi connectivity index (χ2v) is 17.6. The molecule has 0 aliphatic carbocycles. The Hall–Kier alpha value is -7.07. The SMILES string of the molecule is CN/C=C(\C(=N)C(=O)N1CC(F)(F)C[C@@H](C)C1CNc1ccc(C(F)(F)F)cn1)c1ccccc1CC1CC(F)(F)CN(C(=O)c2nn(C)cc2-c2ccccc2F)C1CNc1ccc(C(F)(F)F)cn1. The smallest absolute Gasteiger partial charge is 0.393 e. The third-order valence-corrected chi connectivity index (χ3v) is 12.4. The molecule has 4 atom stereocenters. The molecule has 3 aromatic heterocycles. The summed E-state index contributed by atoms with van der Waals surface area (Å²) in [6, 6.07) is 13.0. The number of benzene rings is 2. The minimum Gasteiger partial charge on any atom is -0.393 e. The Morgan fingerprint density at radius 3 is 1.92 bits per heavy atom. The van der Waals surface area contributed by atoms with Gasteiger partial charge in [0, 0.05) is 81.5 Å². The number of piperidine rings is 2. The average molecular weight is 1000 g/mol. The molecule has 0 radical (unpaired) electrons. The number of carbonyl (C=O) groups excluding carboxylic acids is 2. The number of aromatic nitrogens is 4. The molecule has 2 aliphatic heterocycles. The molecule has 2 saturated heterocycles. The van der Waals surface area contributed by atoms with Crippen molar-refractivity contribution in [1.82, 2.24) is 34.9 Å². The largest absolute Gasteiger partial charge is 0.417 e. The minimum atomic E-state index is -4.71. The zero-order valence-corrected chi connectivity index (χ0v) is 38.2. The topological polar surface area (TPSA) is 144 Å². The normalized spacial score (nSPS) is 20.3. The summed E-state index contributed by atoms with van der Waals surface area (Å²) in [5.41, 5.74) is -2.96. The summed E-state index contributed by atoms with van der Waals surface area (Å²) in [7, 11) is 2.89. The summed E-state index contributed by atoms with van der Waals surface area (Å²) >= 11 is 0. The highest BCUT2D eigenvalue weighted by Gasteiger charge is 2.50. The van der Waals surface area contributed by atoms with E-state index >= 15 is 22.0 Å². The number of amides is 2. The Kier molecular flexibility index (Phi) is 14.8. The van der Waals surface area contributed by atoms with Crippen molar-refractivity contribution in [1.29, 1.82) is 5.41 Å². The van der Waals surface area contributed by atoms with Crippen LogP contribution >= 0.6 is 0 Å². The number of carbonyl (C=O) groups is 2. The van der Waals surface area contributed by atoms with Crippen LogP contribution in [0.3, 0.4) is 0 Å². The van der Waals surface area contributed by atoms with Crippen molar-refractivity contribution < 1.29 is 57.9 Å². The third kappa shape index (κ3) is 11.9. The number of alkyl halides is 10. The van der Waals surface area contributed by atoms with E-state index in [9.17, 15) is 41.3 Å². The Morgan fingerprint density at radius 2 is 1.34 bits per heavy atom. The average Bonchev–Trinajstić information content (AvgIpc) is 3.69. The van der Waals surface area contributed by atoms with Crippen molar-refractivity contribution in [2.45, 2.75) is 62.5 Å². The first kappa shape index (κ1) is 51.8. The Morgan fingerprint density at radius 1 is 0.775 bits per heavy atom. The summed E-state index contributed by atoms with van der Waals surface area (Å²) < 4.78 is 159. The number of aryl methyl sites for hydroxylation is 1. The first-order valence-electron chi connectivity index (χ1n) is 22.1. The molecule has 0 bridgehead atoms. The van der Waals surface area contributed by atoms with Gasteiger partial charge in [0.2, 0.25) is 0 Å². The number of likely N-dealkylation sites (tertiary alicyclic amines) is 2. The van der Waals surface area contributed by atoms with Gasteiger partial charge in [0.15, 0.2) is 5.69 Å². The maximum absolute atomic E-state index is 16.2. The molecule has 4 N–H and O–H groups in total. The molecular formula is C48H47F11N10O2. The lowest BCUT2D eigenvalue weighted by Crippen LogP contribution is -2.59. The summed E-state index contributed by atoms with van der Waals surface area (Å²) in [4.78, 5) is 38.4. The van der Waals surface area contributed by atoms with Crippen LogP contribution in [-0.2, 0) is 30.6 Å². The molecule has 3 unspecified atom stereocenters. The van der Waals surface area contributed by atoms with E-state index in [0.29, 0.717) is 12.4 Å². The van der Waals surface area contributed by atoms with Crippen LogP contribution < -0.4 is 16.0 Å². The van der Waals surface area contributed by atoms with E-state index in [1.54, 1.807) is 6.07 Å². The van der Waals surface area contributed by atoms with Crippen molar-refractivity contribution in [3.05, 3.63) is 131 Å². The number of hydrogen-bond acceptors (Lipinski definition) is 9. The lowest BCUT2D eigenvalue weighted by atomic mass is 9.80. The third-order valence-electron chi connectivity index (χ3n) is 12.4. The first-order valence-corrected chi connectivity index (χ1v) is 22.1. The second kappa shape index (κ2) is 20.3. The number of halogens is 11. The van der Waals surface area contributed by atoms with Gasteiger partial charge in [-0.2, -0.15) is 31.4 Å². The van der Waals surface area contributed by atoms with Gasteiger partial charge in [-0.05, 0) is 59.7 Å². The fourth-order valence-electron chi connectivity index (χ4n) is 9.13. The van der Waals surface area contributed by atoms with Crippen LogP contribution in [0.4, 0.5) is 59.9 Å². The maximum Gasteiger partial charge on any atom is 0.417 e. The fraction of sp³-hybridized carbons (Fsp3) is 0.375. The summed E-state index contributed by atoms with van der Waals surface area (Å²) in [6.45, 7) is -1.37. The standard InChI is InChI=1S/C48H47F11N10O2/c1-27-17-45(50,51)25-68(37(27)22-64-39-14-12-30(19-62-39)47(54,55)56)43(70)41(60)34(21-61-2)32-9-5-4-8-28(32)16-29-18-46(52,53)26-69(38(29)23-65-40-15-13-31(20-63-40)48(57,58)59)44(71)42-35(24-67(3)66-42)33-10-6-7-11-36(33)49/h4-15,19-21,24,27,29,37-38,60-61H,16-18,22-23,25-26H2,1-3H3,(H,62,64)(H,63,65)/b34-21-,60-41?/t27-,29?,37?,38?/m1/s1. The van der Waals surface area contributed by atoms with E-state index in [-0.39, 0.29) is 64.7 Å². The summed E-state index contributed by atoms with van der Waals surface area (Å²) in [5, 5.41) is 21.9. The van der Waals surface area contributed by atoms with E-state index in [0.717, 1.165) is 40.1 Å². The molecule has 71 heavy (non-hydrogen) atoms. The van der Waals surface area contributed by atoms with Crippen molar-refractivity contribution in [2.75, 3.05) is 43.9 Å². The highest BCUT2D eigenvalue weighted by molar-refractivity contribution is 6.54. The molecule has 2 amide bonds. The van der Waals surface area contributed by atoms with Crippen molar-refractivity contribution in [2.24, 2.45) is 18.9 Å². The molecule has 378 valence electrons. The predicted octanol–water partition coefficient (Wildman–Crippen LogP) is 9.44. The van der Waals surface area contributed by atoms with Crippen LogP contribution in [0.1, 0.15) is 52.5 Å². The lowest BCUT2D eigenvalue weighted by molar-refractivity contribution is -0.145. The van der Waals surface area contributed by atoms with Gasteiger partial charge in [0.1, 0.15) is 23.2 Å². The monoisotopic (exact) mass is 1000 g/mol. The highest BCUT2D eigenvalue weighted by atomic mass is 19.4. The number of pyridine rings is 2. The number of anilines is 2. The van der Waals surface area contributed by atoms with Crippen LogP contribution in [-0.4, -0.2) is 104 Å². The van der Waals surface area contributed by atoms with Gasteiger partial charge in [-0.1, -0.05) is 49.4 Å². The summed E-state index contributed by atoms with van der Waals surface area (Å²) in [5.74, 6) is -12.0. The molecule has 0 spiro atoms. The molecule has 5 aromatic rings. The Labute approximate surface area is 399 Å². The van der Waals surface area contributed by atoms with Crippen molar-refractivity contribution in [3.63, 3.8) is 0 Å². The van der Waals surface area contributed by atoms with Gasteiger partial charge in [-0.3, -0.25) is 19.7 Å². The molecule has 2 aromatic carbocycles. The van der Waals surface area contributed by atoms with E-state index in [1.807, 2.05) is 0 Å². The van der Waals surface area contributed by atoms with Crippen molar-refractivity contribution >= 4 is 34.7 Å². The van der Waals surface area contributed by atoms with Crippen LogP contribution in [0.15, 0.2) is 97.6 Å². The van der Waals surface area contributed by atoms with Crippen molar-refractivity contribution in [3.8, 4) is 11.1 Å². The van der Waals surface area contributed by atoms with E-state index in [2.05, 4.69) is 31.0 Å². The molecule has 5 heterocycles. The zero-order chi connectivity index (χ0) is 51.6. The van der Waals surface area contributed by atoms with Crippen LogP contribution in [0, 0.1) is 23.1 Å². The zero-order valence-electron chi connectivity index (χ0n) is 38.2. The van der Waals surface area contributed by atoms with Gasteiger partial charge in [-0.15, -0.1) is 0 Å². The number of rotatable bonds is 14. The van der Waals surface area contributed by atoms with Crippen LogP contribution in [0.2, 0.25) is 0 Å². The number of nitrogens with zero attached hydrogens (tertiary/aromatic N) is 6. The molecule has 12 nitrogen and oxygen atoms in total. The first-order chi connectivity index (χ1) is 33.4. The fourth-order valence-corrected chi connectivity index (χ4v) is 9.13. The van der Waals surface area contributed by atoms with Crippen LogP contribution in [0.5, 0.6) is 0 Å². The van der Waals surface area contributed by atoms with Gasteiger partial charge >= 0.3 is 12.4 Å². The predicted molar refractivity (Wildman–Crippen MR) is 241 cm³/mol. The quantitative estimate of drug-likeness (QED) is 0.0637. The molecule has 23 heteroatoms. The second-order valence-electron chi connectivity index (χ2n) is 17.6. The molecular weight excluding hydrogens is 958 g/mol. The van der Waals surface area contributed by atoms with Gasteiger partial charge in [-0.25, -0.2) is 31.9 Å².